The first kappa shape index (κ1) is 14.8. The molecule has 0 unspecified atom stereocenters. The van der Waals surface area contributed by atoms with Crippen LogP contribution in [0, 0.1) is 0 Å². The summed E-state index contributed by atoms with van der Waals surface area (Å²) in [4.78, 5) is 23.0. The van der Waals surface area contributed by atoms with E-state index in [0.29, 0.717) is 11.7 Å². The number of ether oxygens (including phenoxy) is 1. The van der Waals surface area contributed by atoms with Gasteiger partial charge in [-0.2, -0.15) is 0 Å². The van der Waals surface area contributed by atoms with Gasteiger partial charge in [-0.3, -0.25) is 4.79 Å². The van der Waals surface area contributed by atoms with Gasteiger partial charge in [0.1, 0.15) is 11.6 Å². The quantitative estimate of drug-likeness (QED) is 0.933. The second-order valence-electron chi connectivity index (χ2n) is 7.29. The molecule has 0 atom stereocenters. The number of amides is 1. The Bertz CT molecular complexity index is 858. The monoisotopic (exact) mass is 336 g/mol. The SMILES string of the molecule is CC(=O)Nc1cc2c(cn1)C1(CC1)CN2c1cccc(C2COC2)n1. The molecule has 1 saturated heterocycles. The van der Waals surface area contributed by atoms with Gasteiger partial charge in [-0.05, 0) is 25.0 Å². The second kappa shape index (κ2) is 5.26. The Kier molecular flexibility index (Phi) is 3.12. The van der Waals surface area contributed by atoms with Crippen LogP contribution in [-0.2, 0) is 14.9 Å². The van der Waals surface area contributed by atoms with Crippen LogP contribution in [0.25, 0.3) is 0 Å². The maximum Gasteiger partial charge on any atom is 0.222 e. The van der Waals surface area contributed by atoms with E-state index >= 15 is 0 Å². The molecule has 1 saturated carbocycles. The number of aromatic nitrogens is 2. The fourth-order valence-electron chi connectivity index (χ4n) is 3.80. The first-order valence-electron chi connectivity index (χ1n) is 8.75. The maximum atomic E-state index is 11.4. The molecule has 6 nitrogen and oxygen atoms in total. The zero-order valence-electron chi connectivity index (χ0n) is 14.2. The van der Waals surface area contributed by atoms with Crippen molar-refractivity contribution >= 4 is 23.2 Å². The Labute approximate surface area is 146 Å². The molecule has 4 heterocycles. The second-order valence-corrected chi connectivity index (χ2v) is 7.29. The highest BCUT2D eigenvalue weighted by Gasteiger charge is 2.52. The van der Waals surface area contributed by atoms with E-state index in [2.05, 4.69) is 33.4 Å². The van der Waals surface area contributed by atoms with E-state index in [4.69, 9.17) is 9.72 Å². The molecule has 0 aromatic carbocycles. The molecule has 128 valence electrons. The largest absolute Gasteiger partial charge is 0.380 e. The highest BCUT2D eigenvalue weighted by atomic mass is 16.5. The van der Waals surface area contributed by atoms with Crippen molar-refractivity contribution in [3.8, 4) is 0 Å². The molecule has 5 rings (SSSR count). The van der Waals surface area contributed by atoms with Gasteiger partial charge in [0.05, 0.1) is 24.6 Å². The first-order valence-corrected chi connectivity index (χ1v) is 8.75. The van der Waals surface area contributed by atoms with Gasteiger partial charge in [0.25, 0.3) is 0 Å². The van der Waals surface area contributed by atoms with Crippen molar-refractivity contribution in [3.05, 3.63) is 41.7 Å². The number of fused-ring (bicyclic) bond motifs is 2. The number of carbonyl (C=O) groups excluding carboxylic acids is 1. The van der Waals surface area contributed by atoms with Gasteiger partial charge in [-0.1, -0.05) is 6.07 Å². The fraction of sp³-hybridized carbons (Fsp3) is 0.421. The minimum absolute atomic E-state index is 0.108. The summed E-state index contributed by atoms with van der Waals surface area (Å²) in [7, 11) is 0. The van der Waals surface area contributed by atoms with Gasteiger partial charge in [0, 0.05) is 42.6 Å². The topological polar surface area (TPSA) is 67.4 Å². The first-order chi connectivity index (χ1) is 12.1. The lowest BCUT2D eigenvalue weighted by Gasteiger charge is -2.27. The summed E-state index contributed by atoms with van der Waals surface area (Å²) in [6.45, 7) is 3.95. The van der Waals surface area contributed by atoms with Crippen LogP contribution in [0.1, 0.15) is 36.9 Å². The number of nitrogens with zero attached hydrogens (tertiary/aromatic N) is 3. The lowest BCUT2D eigenvalue weighted by Crippen LogP contribution is -2.27. The molecule has 0 radical (unpaired) electrons. The van der Waals surface area contributed by atoms with E-state index in [1.807, 2.05) is 12.3 Å². The molecule has 1 aliphatic carbocycles. The van der Waals surface area contributed by atoms with E-state index in [1.54, 1.807) is 0 Å². The highest BCUT2D eigenvalue weighted by molar-refractivity contribution is 5.89. The molecule has 1 N–H and O–H groups in total. The van der Waals surface area contributed by atoms with Crippen molar-refractivity contribution in [1.82, 2.24) is 9.97 Å². The van der Waals surface area contributed by atoms with Crippen LogP contribution in [-0.4, -0.2) is 35.6 Å². The van der Waals surface area contributed by atoms with Crippen LogP contribution in [0.3, 0.4) is 0 Å². The fourth-order valence-corrected chi connectivity index (χ4v) is 3.80. The van der Waals surface area contributed by atoms with E-state index in [-0.39, 0.29) is 11.3 Å². The van der Waals surface area contributed by atoms with Gasteiger partial charge in [-0.25, -0.2) is 9.97 Å². The Morgan fingerprint density at radius 3 is 2.88 bits per heavy atom. The molecule has 1 amide bonds. The van der Waals surface area contributed by atoms with Crippen LogP contribution >= 0.6 is 0 Å². The lowest BCUT2D eigenvalue weighted by molar-refractivity contribution is -0.114. The van der Waals surface area contributed by atoms with E-state index in [1.165, 1.54) is 25.3 Å². The average molecular weight is 336 g/mol. The Morgan fingerprint density at radius 2 is 2.20 bits per heavy atom. The summed E-state index contributed by atoms with van der Waals surface area (Å²) in [5.41, 5.74) is 3.71. The normalized spacial score (nSPS) is 20.3. The maximum absolute atomic E-state index is 11.4. The molecule has 2 fully saturated rings. The summed E-state index contributed by atoms with van der Waals surface area (Å²) in [5.74, 6) is 1.86. The number of hydrogen-bond acceptors (Lipinski definition) is 5. The number of rotatable bonds is 3. The van der Waals surface area contributed by atoms with Crippen molar-refractivity contribution < 1.29 is 9.53 Å². The smallest absolute Gasteiger partial charge is 0.222 e. The van der Waals surface area contributed by atoms with Crippen molar-refractivity contribution in [2.75, 3.05) is 30.0 Å². The van der Waals surface area contributed by atoms with Crippen LogP contribution in [0.15, 0.2) is 30.5 Å². The summed E-state index contributed by atoms with van der Waals surface area (Å²) >= 11 is 0. The van der Waals surface area contributed by atoms with Crippen molar-refractivity contribution in [2.45, 2.75) is 31.1 Å². The van der Waals surface area contributed by atoms with Gasteiger partial charge in [0.15, 0.2) is 0 Å². The van der Waals surface area contributed by atoms with Crippen LogP contribution in [0.5, 0.6) is 0 Å². The molecule has 6 heteroatoms. The standard InChI is InChI=1S/C19H20N4O2/c1-12(24)21-17-7-16-14(8-20-17)19(5-6-19)11-23(16)18-4-2-3-15(22-18)13-9-25-10-13/h2-4,7-8,13H,5-6,9-11H2,1H3,(H,20,21,24). The molecule has 0 bridgehead atoms. The van der Waals surface area contributed by atoms with Gasteiger partial charge >= 0.3 is 0 Å². The molecule has 2 aromatic rings. The highest BCUT2D eigenvalue weighted by Crippen LogP contribution is 2.58. The zero-order chi connectivity index (χ0) is 17.0. The summed E-state index contributed by atoms with van der Waals surface area (Å²) in [5, 5.41) is 2.79. The summed E-state index contributed by atoms with van der Waals surface area (Å²) in [6.07, 6.45) is 4.30. The third-order valence-electron chi connectivity index (χ3n) is 5.45. The lowest BCUT2D eigenvalue weighted by atomic mass is 10.0. The number of carbonyl (C=O) groups is 1. The Balaban J connectivity index is 1.54. The predicted molar refractivity (Wildman–Crippen MR) is 94.3 cm³/mol. The third-order valence-corrected chi connectivity index (χ3v) is 5.45. The van der Waals surface area contributed by atoms with Crippen molar-refractivity contribution in [2.24, 2.45) is 0 Å². The number of nitrogens with one attached hydrogen (secondary N) is 1. The molecular formula is C19H20N4O2. The van der Waals surface area contributed by atoms with Gasteiger partial charge < -0.3 is 15.0 Å². The van der Waals surface area contributed by atoms with Crippen molar-refractivity contribution in [1.29, 1.82) is 0 Å². The average Bonchev–Trinajstić information content (AvgIpc) is 3.24. The minimum Gasteiger partial charge on any atom is -0.380 e. The van der Waals surface area contributed by atoms with E-state index in [0.717, 1.165) is 37.0 Å². The molecule has 3 aliphatic rings. The van der Waals surface area contributed by atoms with Crippen LogP contribution < -0.4 is 10.2 Å². The third kappa shape index (κ3) is 2.40. The summed E-state index contributed by atoms with van der Waals surface area (Å²) < 4.78 is 5.30. The number of pyridine rings is 2. The summed E-state index contributed by atoms with van der Waals surface area (Å²) in [6, 6.07) is 8.19. The zero-order valence-corrected chi connectivity index (χ0v) is 14.2. The van der Waals surface area contributed by atoms with E-state index in [9.17, 15) is 4.79 Å². The molecular weight excluding hydrogens is 316 g/mol. The van der Waals surface area contributed by atoms with E-state index < -0.39 is 0 Å². The molecule has 25 heavy (non-hydrogen) atoms. The minimum atomic E-state index is -0.108. The van der Waals surface area contributed by atoms with Crippen LogP contribution in [0.4, 0.5) is 17.3 Å². The Hall–Kier alpha value is -2.47. The number of anilines is 3. The Morgan fingerprint density at radius 1 is 1.36 bits per heavy atom. The van der Waals surface area contributed by atoms with Crippen molar-refractivity contribution in [3.63, 3.8) is 0 Å². The number of hydrogen-bond donors (Lipinski definition) is 1. The van der Waals surface area contributed by atoms with Gasteiger partial charge in [0.2, 0.25) is 5.91 Å². The predicted octanol–water partition coefficient (Wildman–Crippen LogP) is 2.73. The van der Waals surface area contributed by atoms with Crippen LogP contribution in [0.2, 0.25) is 0 Å². The molecule has 2 aromatic heterocycles. The molecule has 2 aliphatic heterocycles. The molecule has 1 spiro atoms. The van der Waals surface area contributed by atoms with Gasteiger partial charge in [-0.15, -0.1) is 0 Å².